The van der Waals surface area contributed by atoms with Gasteiger partial charge in [-0.2, -0.15) is 0 Å². The molecule has 0 bridgehead atoms. The van der Waals surface area contributed by atoms with Crippen molar-refractivity contribution in [3.8, 4) is 0 Å². The molecule has 150 valence electrons. The fourth-order valence-electron chi connectivity index (χ4n) is 3.69. The number of benzene rings is 2. The number of nitrogens with one attached hydrogen (secondary N) is 1. The average molecular weight is 400 g/mol. The molecule has 1 saturated heterocycles. The third-order valence-electron chi connectivity index (χ3n) is 5.33. The van der Waals surface area contributed by atoms with Gasteiger partial charge in [0.25, 0.3) is 0 Å². The maximum absolute atomic E-state index is 12.9. The summed E-state index contributed by atoms with van der Waals surface area (Å²) in [7, 11) is -3.61. The topological polar surface area (TPSA) is 55.4 Å². The highest BCUT2D eigenvalue weighted by atomic mass is 32.2. The largest absolute Gasteiger partial charge is 0.368 e. The number of rotatable bonds is 8. The molecule has 5 heteroatoms. The summed E-state index contributed by atoms with van der Waals surface area (Å²) in [4.78, 5) is 0.275. The number of ether oxygens (including phenoxy) is 1. The van der Waals surface area contributed by atoms with Crippen molar-refractivity contribution in [2.45, 2.75) is 43.6 Å². The maximum Gasteiger partial charge on any atom is 0.240 e. The molecule has 0 amide bonds. The summed E-state index contributed by atoms with van der Waals surface area (Å²) in [6.07, 6.45) is 7.36. The molecule has 1 aliphatic heterocycles. The van der Waals surface area contributed by atoms with Crippen LogP contribution in [0.4, 0.5) is 0 Å². The summed E-state index contributed by atoms with van der Waals surface area (Å²) in [5.41, 5.74) is 1.34. The van der Waals surface area contributed by atoms with E-state index in [0.717, 1.165) is 30.4 Å². The van der Waals surface area contributed by atoms with Crippen molar-refractivity contribution < 1.29 is 13.2 Å². The zero-order valence-corrected chi connectivity index (χ0v) is 17.4. The molecule has 0 aliphatic carbocycles. The van der Waals surface area contributed by atoms with E-state index in [4.69, 9.17) is 4.74 Å². The van der Waals surface area contributed by atoms with Gasteiger partial charge in [0.2, 0.25) is 10.0 Å². The van der Waals surface area contributed by atoms with E-state index in [9.17, 15) is 8.42 Å². The van der Waals surface area contributed by atoms with Gasteiger partial charge in [-0.15, -0.1) is 0 Å². The molecule has 0 saturated carbocycles. The summed E-state index contributed by atoms with van der Waals surface area (Å²) in [5.74, 6) is 0.127. The highest BCUT2D eigenvalue weighted by Gasteiger charge is 2.45. The Bertz CT molecular complexity index is 891. The summed E-state index contributed by atoms with van der Waals surface area (Å²) < 4.78 is 34.8. The number of hydrogen-bond acceptors (Lipinski definition) is 3. The fourth-order valence-corrected chi connectivity index (χ4v) is 4.76. The van der Waals surface area contributed by atoms with Gasteiger partial charge in [-0.05, 0) is 37.5 Å². The zero-order valence-electron chi connectivity index (χ0n) is 16.6. The normalized spacial score (nSPS) is 22.7. The molecule has 1 heterocycles. The third kappa shape index (κ3) is 4.54. The first-order valence-electron chi connectivity index (χ1n) is 9.90. The molecule has 0 spiro atoms. The second kappa shape index (κ2) is 9.03. The Kier molecular flexibility index (Phi) is 6.70. The minimum absolute atomic E-state index is 0.127. The maximum atomic E-state index is 12.9. The molecular weight excluding hydrogens is 370 g/mol. The molecule has 1 aliphatic rings. The summed E-state index contributed by atoms with van der Waals surface area (Å²) in [6, 6.07) is 16.8. The zero-order chi connectivity index (χ0) is 20.0. The molecule has 1 N–H and O–H groups in total. The average Bonchev–Trinajstić information content (AvgIpc) is 3.12. The highest BCUT2D eigenvalue weighted by Crippen LogP contribution is 2.42. The monoisotopic (exact) mass is 399 g/mol. The van der Waals surface area contributed by atoms with Gasteiger partial charge in [0.1, 0.15) is 5.60 Å². The molecule has 0 aromatic heterocycles. The van der Waals surface area contributed by atoms with Crippen molar-refractivity contribution in [2.24, 2.45) is 5.92 Å². The highest BCUT2D eigenvalue weighted by molar-refractivity contribution is 7.89. The lowest BCUT2D eigenvalue weighted by Crippen LogP contribution is -2.44. The molecule has 4 nitrogen and oxygen atoms in total. The fraction of sp³-hybridized carbons (Fsp3) is 0.391. The van der Waals surface area contributed by atoms with E-state index in [1.807, 2.05) is 49.4 Å². The quantitative estimate of drug-likeness (QED) is 0.662. The molecule has 0 unspecified atom stereocenters. The van der Waals surface area contributed by atoms with Crippen molar-refractivity contribution in [3.05, 3.63) is 77.9 Å². The first-order valence-corrected chi connectivity index (χ1v) is 11.4. The SMILES string of the molecule is CCC/C=C/[C@H]1CCO[C@]1(CNS(=O)(=O)c1ccc(C)cc1)c1ccccc1. The van der Waals surface area contributed by atoms with Crippen molar-refractivity contribution in [2.75, 3.05) is 13.2 Å². The van der Waals surface area contributed by atoms with Crippen LogP contribution in [0.15, 0.2) is 71.6 Å². The molecule has 2 atom stereocenters. The van der Waals surface area contributed by atoms with Crippen molar-refractivity contribution in [1.29, 1.82) is 0 Å². The van der Waals surface area contributed by atoms with E-state index in [-0.39, 0.29) is 17.4 Å². The lowest BCUT2D eigenvalue weighted by Gasteiger charge is -2.34. The lowest BCUT2D eigenvalue weighted by molar-refractivity contribution is -0.0116. The van der Waals surface area contributed by atoms with Gasteiger partial charge in [0.15, 0.2) is 0 Å². The predicted octanol–water partition coefficient (Wildman–Crippen LogP) is 4.56. The van der Waals surface area contributed by atoms with Crippen LogP contribution in [0, 0.1) is 12.8 Å². The van der Waals surface area contributed by atoms with Gasteiger partial charge >= 0.3 is 0 Å². The van der Waals surface area contributed by atoms with Gasteiger partial charge < -0.3 is 4.74 Å². The van der Waals surface area contributed by atoms with E-state index < -0.39 is 15.6 Å². The van der Waals surface area contributed by atoms with Crippen LogP contribution >= 0.6 is 0 Å². The number of sulfonamides is 1. The van der Waals surface area contributed by atoms with Gasteiger partial charge in [-0.25, -0.2) is 13.1 Å². The van der Waals surface area contributed by atoms with E-state index in [1.54, 1.807) is 12.1 Å². The molecule has 1 fully saturated rings. The Labute approximate surface area is 168 Å². The molecule has 3 rings (SSSR count). The standard InChI is InChI=1S/C23H29NO3S/c1-3-4-6-9-21-16-17-27-23(21,20-10-7-5-8-11-20)18-24-28(25,26)22-14-12-19(2)13-15-22/h5-15,21,24H,3-4,16-18H2,1-2H3/b9-6+/t21-,23+/m0/s1. The molecule has 0 radical (unpaired) electrons. The smallest absolute Gasteiger partial charge is 0.240 e. The van der Waals surface area contributed by atoms with Crippen LogP contribution in [-0.2, 0) is 20.4 Å². The van der Waals surface area contributed by atoms with Crippen molar-refractivity contribution in [3.63, 3.8) is 0 Å². The van der Waals surface area contributed by atoms with Gasteiger partial charge in [-0.3, -0.25) is 0 Å². The third-order valence-corrected chi connectivity index (χ3v) is 6.75. The predicted molar refractivity (Wildman–Crippen MR) is 113 cm³/mol. The first kappa shape index (κ1) is 20.8. The van der Waals surface area contributed by atoms with Crippen LogP contribution in [0.1, 0.15) is 37.3 Å². The molecular formula is C23H29NO3S. The number of hydrogen-bond donors (Lipinski definition) is 1. The van der Waals surface area contributed by atoms with Crippen LogP contribution in [0.2, 0.25) is 0 Å². The summed E-state index contributed by atoms with van der Waals surface area (Å²) in [6.45, 7) is 4.90. The first-order chi connectivity index (χ1) is 13.5. The Morgan fingerprint density at radius 1 is 1.14 bits per heavy atom. The summed E-state index contributed by atoms with van der Waals surface area (Å²) >= 11 is 0. The Morgan fingerprint density at radius 3 is 2.54 bits per heavy atom. The van der Waals surface area contributed by atoms with Gasteiger partial charge in [0.05, 0.1) is 4.90 Å². The minimum atomic E-state index is -3.61. The van der Waals surface area contributed by atoms with Crippen LogP contribution in [-0.4, -0.2) is 21.6 Å². The van der Waals surface area contributed by atoms with E-state index >= 15 is 0 Å². The van der Waals surface area contributed by atoms with Crippen molar-refractivity contribution >= 4 is 10.0 Å². The van der Waals surface area contributed by atoms with E-state index in [2.05, 4.69) is 23.8 Å². The van der Waals surface area contributed by atoms with E-state index in [1.165, 1.54) is 0 Å². The molecule has 2 aromatic carbocycles. The van der Waals surface area contributed by atoms with Crippen LogP contribution in [0.3, 0.4) is 0 Å². The van der Waals surface area contributed by atoms with Gasteiger partial charge in [0, 0.05) is 19.1 Å². The second-order valence-corrected chi connectivity index (χ2v) is 9.12. The molecule has 28 heavy (non-hydrogen) atoms. The van der Waals surface area contributed by atoms with Crippen LogP contribution in [0.5, 0.6) is 0 Å². The van der Waals surface area contributed by atoms with Crippen molar-refractivity contribution in [1.82, 2.24) is 4.72 Å². The number of unbranched alkanes of at least 4 members (excludes halogenated alkanes) is 1. The Hall–Kier alpha value is -1.95. The number of aryl methyl sites for hydroxylation is 1. The Morgan fingerprint density at radius 2 is 1.86 bits per heavy atom. The lowest BCUT2D eigenvalue weighted by atomic mass is 9.81. The van der Waals surface area contributed by atoms with Crippen LogP contribution < -0.4 is 4.72 Å². The number of allylic oxidation sites excluding steroid dienone is 1. The molecule has 2 aromatic rings. The van der Waals surface area contributed by atoms with Gasteiger partial charge in [-0.1, -0.05) is 73.5 Å². The van der Waals surface area contributed by atoms with E-state index in [0.29, 0.717) is 6.61 Å². The second-order valence-electron chi connectivity index (χ2n) is 7.35. The minimum Gasteiger partial charge on any atom is -0.368 e. The van der Waals surface area contributed by atoms with Crippen LogP contribution in [0.25, 0.3) is 0 Å². The summed E-state index contributed by atoms with van der Waals surface area (Å²) in [5, 5.41) is 0. The Balaban J connectivity index is 1.89.